The smallest absolute Gasteiger partial charge is 0.308 e. The van der Waals surface area contributed by atoms with E-state index in [1.165, 1.54) is 12.8 Å². The number of carbonyl (C=O) groups is 2. The van der Waals surface area contributed by atoms with Crippen molar-refractivity contribution >= 4 is 11.9 Å². The van der Waals surface area contributed by atoms with Gasteiger partial charge in [0.15, 0.2) is 0 Å². The number of aliphatic carboxylic acids is 1. The van der Waals surface area contributed by atoms with Crippen molar-refractivity contribution in [3.05, 3.63) is 35.9 Å². The van der Waals surface area contributed by atoms with Gasteiger partial charge in [0.2, 0.25) is 5.91 Å². The summed E-state index contributed by atoms with van der Waals surface area (Å²) in [5.74, 6) is -1.09. The molecule has 4 heteroatoms. The lowest BCUT2D eigenvalue weighted by Gasteiger charge is -2.30. The Bertz CT molecular complexity index is 533. The summed E-state index contributed by atoms with van der Waals surface area (Å²) in [5.41, 5.74) is 0.552. The average Bonchev–Trinajstić information content (AvgIpc) is 3.07. The molecule has 2 rings (SSSR count). The van der Waals surface area contributed by atoms with Gasteiger partial charge in [0.1, 0.15) is 0 Å². The molecule has 1 amide bonds. The van der Waals surface area contributed by atoms with E-state index in [0.29, 0.717) is 12.3 Å². The van der Waals surface area contributed by atoms with Crippen LogP contribution in [0.25, 0.3) is 0 Å². The van der Waals surface area contributed by atoms with Gasteiger partial charge >= 0.3 is 5.97 Å². The molecule has 1 atom stereocenters. The number of amides is 1. The minimum atomic E-state index is -0.868. The summed E-state index contributed by atoms with van der Waals surface area (Å²) in [6.45, 7) is 4.13. The van der Waals surface area contributed by atoms with Crippen LogP contribution in [-0.2, 0) is 16.0 Å². The largest absolute Gasteiger partial charge is 0.481 e. The fourth-order valence-electron chi connectivity index (χ4n) is 3.42. The van der Waals surface area contributed by atoms with Gasteiger partial charge in [0.05, 0.1) is 5.92 Å². The molecule has 0 aromatic heterocycles. The SMILES string of the molecule is CC(C)(C(=O)NCC(Cc1ccccc1)C(=O)O)C1CCCC1. The zero-order valence-corrected chi connectivity index (χ0v) is 14.0. The van der Waals surface area contributed by atoms with E-state index in [1.807, 2.05) is 44.2 Å². The number of hydrogen-bond donors (Lipinski definition) is 2. The molecule has 0 bridgehead atoms. The van der Waals surface area contributed by atoms with Crippen molar-refractivity contribution in [3.8, 4) is 0 Å². The Labute approximate surface area is 138 Å². The van der Waals surface area contributed by atoms with Gasteiger partial charge in [-0.3, -0.25) is 9.59 Å². The van der Waals surface area contributed by atoms with E-state index >= 15 is 0 Å². The van der Waals surface area contributed by atoms with Gasteiger partial charge in [0.25, 0.3) is 0 Å². The van der Waals surface area contributed by atoms with Gasteiger partial charge in [-0.15, -0.1) is 0 Å². The molecule has 23 heavy (non-hydrogen) atoms. The van der Waals surface area contributed by atoms with Crippen LogP contribution < -0.4 is 5.32 Å². The molecule has 1 saturated carbocycles. The number of carbonyl (C=O) groups excluding carboxylic acids is 1. The third-order valence-electron chi connectivity index (χ3n) is 5.14. The van der Waals surface area contributed by atoms with Crippen LogP contribution in [-0.4, -0.2) is 23.5 Å². The number of rotatable bonds is 7. The maximum Gasteiger partial charge on any atom is 0.308 e. The average molecular weight is 317 g/mol. The second-order valence-electron chi connectivity index (χ2n) is 7.14. The molecule has 0 saturated heterocycles. The quantitative estimate of drug-likeness (QED) is 0.811. The lowest BCUT2D eigenvalue weighted by Crippen LogP contribution is -2.44. The van der Waals surface area contributed by atoms with Crippen LogP contribution in [0.5, 0.6) is 0 Å². The third-order valence-corrected chi connectivity index (χ3v) is 5.14. The minimum Gasteiger partial charge on any atom is -0.481 e. The minimum absolute atomic E-state index is 0.0243. The Hall–Kier alpha value is -1.84. The molecule has 1 aliphatic rings. The highest BCUT2D eigenvalue weighted by Gasteiger charge is 2.38. The Kier molecular flexibility index (Phi) is 5.80. The van der Waals surface area contributed by atoms with Crippen molar-refractivity contribution in [2.75, 3.05) is 6.54 Å². The van der Waals surface area contributed by atoms with Crippen molar-refractivity contribution in [1.82, 2.24) is 5.32 Å². The van der Waals surface area contributed by atoms with Crippen LogP contribution >= 0.6 is 0 Å². The molecule has 0 spiro atoms. The van der Waals surface area contributed by atoms with E-state index in [9.17, 15) is 14.7 Å². The highest BCUT2D eigenvalue weighted by Crippen LogP contribution is 2.39. The summed E-state index contributed by atoms with van der Waals surface area (Å²) in [5, 5.41) is 12.3. The summed E-state index contributed by atoms with van der Waals surface area (Å²) >= 11 is 0. The normalized spacial score (nSPS) is 17.0. The van der Waals surface area contributed by atoms with E-state index in [0.717, 1.165) is 18.4 Å². The first kappa shape index (κ1) is 17.5. The summed E-state index contributed by atoms with van der Waals surface area (Å²) in [7, 11) is 0. The molecule has 1 aliphatic carbocycles. The first-order chi connectivity index (χ1) is 10.9. The van der Waals surface area contributed by atoms with Crippen molar-refractivity contribution in [2.24, 2.45) is 17.3 Å². The van der Waals surface area contributed by atoms with Gasteiger partial charge in [-0.05, 0) is 30.7 Å². The second kappa shape index (κ2) is 7.62. The maximum absolute atomic E-state index is 12.5. The molecule has 1 fully saturated rings. The number of hydrogen-bond acceptors (Lipinski definition) is 2. The van der Waals surface area contributed by atoms with E-state index in [1.54, 1.807) is 0 Å². The fourth-order valence-corrected chi connectivity index (χ4v) is 3.42. The van der Waals surface area contributed by atoms with E-state index in [4.69, 9.17) is 0 Å². The Morgan fingerprint density at radius 3 is 2.39 bits per heavy atom. The zero-order valence-electron chi connectivity index (χ0n) is 14.0. The first-order valence-electron chi connectivity index (χ1n) is 8.46. The standard InChI is InChI=1S/C19H27NO3/c1-19(2,16-10-6-7-11-16)18(23)20-13-15(17(21)22)12-14-8-4-3-5-9-14/h3-5,8-9,15-16H,6-7,10-13H2,1-2H3,(H,20,23)(H,21,22). The molecule has 0 radical (unpaired) electrons. The molecule has 4 nitrogen and oxygen atoms in total. The molecule has 2 N–H and O–H groups in total. The van der Waals surface area contributed by atoms with Crippen LogP contribution in [0.1, 0.15) is 45.1 Å². The highest BCUT2D eigenvalue weighted by atomic mass is 16.4. The summed E-state index contributed by atoms with van der Waals surface area (Å²) in [4.78, 5) is 24.0. The highest BCUT2D eigenvalue weighted by molar-refractivity contribution is 5.82. The predicted molar refractivity (Wildman–Crippen MR) is 90.0 cm³/mol. The van der Waals surface area contributed by atoms with Crippen LogP contribution in [0.15, 0.2) is 30.3 Å². The van der Waals surface area contributed by atoms with Gasteiger partial charge < -0.3 is 10.4 Å². The van der Waals surface area contributed by atoms with Crippen molar-refractivity contribution in [3.63, 3.8) is 0 Å². The molecular weight excluding hydrogens is 290 g/mol. The van der Waals surface area contributed by atoms with Gasteiger partial charge in [-0.25, -0.2) is 0 Å². The molecule has 1 aromatic carbocycles. The molecular formula is C19H27NO3. The number of carboxylic acids is 1. The Morgan fingerprint density at radius 2 is 1.83 bits per heavy atom. The predicted octanol–water partition coefficient (Wildman–Crippen LogP) is 3.26. The monoisotopic (exact) mass is 317 g/mol. The van der Waals surface area contributed by atoms with Gasteiger partial charge in [-0.2, -0.15) is 0 Å². The number of carboxylic acid groups (broad SMARTS) is 1. The van der Waals surface area contributed by atoms with Gasteiger partial charge in [0, 0.05) is 12.0 Å². The number of benzene rings is 1. The van der Waals surface area contributed by atoms with E-state index in [2.05, 4.69) is 5.32 Å². The van der Waals surface area contributed by atoms with Crippen molar-refractivity contribution in [2.45, 2.75) is 46.0 Å². The van der Waals surface area contributed by atoms with Crippen LogP contribution in [0.2, 0.25) is 0 Å². The second-order valence-corrected chi connectivity index (χ2v) is 7.14. The fraction of sp³-hybridized carbons (Fsp3) is 0.579. The van der Waals surface area contributed by atoms with Gasteiger partial charge in [-0.1, -0.05) is 57.0 Å². The van der Waals surface area contributed by atoms with Crippen molar-refractivity contribution < 1.29 is 14.7 Å². The van der Waals surface area contributed by atoms with Crippen LogP contribution in [0.4, 0.5) is 0 Å². The zero-order chi connectivity index (χ0) is 16.9. The molecule has 1 unspecified atom stereocenters. The molecule has 1 aromatic rings. The lowest BCUT2D eigenvalue weighted by atomic mass is 9.77. The van der Waals surface area contributed by atoms with E-state index < -0.39 is 17.3 Å². The van der Waals surface area contributed by atoms with Crippen LogP contribution in [0.3, 0.4) is 0 Å². The lowest BCUT2D eigenvalue weighted by molar-refractivity contribution is -0.142. The summed E-state index contributed by atoms with van der Waals surface area (Å²) in [6.07, 6.45) is 4.99. The molecule has 0 aliphatic heterocycles. The van der Waals surface area contributed by atoms with E-state index in [-0.39, 0.29) is 12.5 Å². The topological polar surface area (TPSA) is 66.4 Å². The maximum atomic E-state index is 12.5. The molecule has 0 heterocycles. The first-order valence-corrected chi connectivity index (χ1v) is 8.46. The molecule has 126 valence electrons. The summed E-state index contributed by atoms with van der Waals surface area (Å²) in [6, 6.07) is 9.54. The Morgan fingerprint density at radius 1 is 1.22 bits per heavy atom. The van der Waals surface area contributed by atoms with Crippen molar-refractivity contribution in [1.29, 1.82) is 0 Å². The van der Waals surface area contributed by atoms with Crippen LogP contribution in [0, 0.1) is 17.3 Å². The third kappa shape index (κ3) is 4.57. The summed E-state index contributed by atoms with van der Waals surface area (Å²) < 4.78 is 0. The Balaban J connectivity index is 1.93. The number of nitrogens with one attached hydrogen (secondary N) is 1.